The molecule has 4 nitrogen and oxygen atoms in total. The summed E-state index contributed by atoms with van der Waals surface area (Å²) in [6, 6.07) is 27.3. The van der Waals surface area contributed by atoms with Crippen LogP contribution in [0.2, 0.25) is 0 Å². The Bertz CT molecular complexity index is 775. The normalized spacial score (nSPS) is 12.6. The summed E-state index contributed by atoms with van der Waals surface area (Å²) in [7, 11) is 0. The minimum Gasteiger partial charge on any atom is -0.390 e. The van der Waals surface area contributed by atoms with Gasteiger partial charge in [-0.15, -0.1) is 0 Å². The summed E-state index contributed by atoms with van der Waals surface area (Å²) in [4.78, 5) is 0. The van der Waals surface area contributed by atoms with Crippen LogP contribution in [0.4, 0.5) is 0 Å². The molecule has 1 atom stereocenters. The molecule has 1 unspecified atom stereocenters. The molecule has 0 aliphatic heterocycles. The average Bonchev–Trinajstić information content (AvgIpc) is 2.75. The zero-order chi connectivity index (χ0) is 20.6. The lowest BCUT2D eigenvalue weighted by Crippen LogP contribution is -2.38. The summed E-state index contributed by atoms with van der Waals surface area (Å²) in [6.07, 6.45) is -0.580. The van der Waals surface area contributed by atoms with Crippen LogP contribution in [0.1, 0.15) is 37.0 Å². The Balaban J connectivity index is 0.000000221. The van der Waals surface area contributed by atoms with Crippen molar-refractivity contribution in [3.05, 3.63) is 108 Å². The van der Waals surface area contributed by atoms with Gasteiger partial charge in [-0.25, -0.2) is 0 Å². The van der Waals surface area contributed by atoms with E-state index >= 15 is 0 Å². The van der Waals surface area contributed by atoms with E-state index in [0.29, 0.717) is 23.1 Å². The maximum Gasteiger partial charge on any atom is 0.189 e. The van der Waals surface area contributed by atoms with Gasteiger partial charge in [-0.1, -0.05) is 97.9 Å². The van der Waals surface area contributed by atoms with Crippen molar-refractivity contribution >= 4 is 0 Å². The third-order valence-corrected chi connectivity index (χ3v) is 4.76. The summed E-state index contributed by atoms with van der Waals surface area (Å²) in [5.74, 6) is -1.67. The molecule has 4 heteroatoms. The number of aliphatic hydroxyl groups excluding tert-OH is 1. The van der Waals surface area contributed by atoms with E-state index in [1.54, 1.807) is 38.1 Å². The molecule has 0 bridgehead atoms. The van der Waals surface area contributed by atoms with Crippen LogP contribution in [0, 0.1) is 0 Å². The van der Waals surface area contributed by atoms with Crippen molar-refractivity contribution in [1.29, 1.82) is 0 Å². The first kappa shape index (κ1) is 21.8. The van der Waals surface area contributed by atoms with Crippen LogP contribution in [0.15, 0.2) is 91.0 Å². The van der Waals surface area contributed by atoms with E-state index in [0.717, 1.165) is 0 Å². The van der Waals surface area contributed by atoms with Crippen molar-refractivity contribution in [2.45, 2.75) is 37.8 Å². The summed E-state index contributed by atoms with van der Waals surface area (Å²) in [6.45, 7) is 3.33. The van der Waals surface area contributed by atoms with Crippen LogP contribution >= 0.6 is 0 Å². The summed E-state index contributed by atoms with van der Waals surface area (Å²) in [5, 5.41) is 39.4. The summed E-state index contributed by atoms with van der Waals surface area (Å²) < 4.78 is 0. The molecule has 0 fully saturated rings. The monoisotopic (exact) mass is 380 g/mol. The van der Waals surface area contributed by atoms with Gasteiger partial charge < -0.3 is 20.4 Å². The maximum absolute atomic E-state index is 10.8. The van der Waals surface area contributed by atoms with Crippen LogP contribution in [-0.4, -0.2) is 26.5 Å². The maximum atomic E-state index is 10.8. The van der Waals surface area contributed by atoms with Gasteiger partial charge in [-0.2, -0.15) is 0 Å². The first-order chi connectivity index (χ1) is 13.3. The molecular weight excluding hydrogens is 352 g/mol. The Kier molecular flexibility index (Phi) is 7.49. The van der Waals surface area contributed by atoms with E-state index in [1.165, 1.54) is 0 Å². The molecule has 3 rings (SSSR count). The second-order valence-corrected chi connectivity index (χ2v) is 6.71. The SMILES string of the molecule is CC(O)C(O)(c1ccccc1)c1ccccc1.CCC(O)(O)c1ccccc1. The molecule has 0 spiro atoms. The smallest absolute Gasteiger partial charge is 0.189 e. The van der Waals surface area contributed by atoms with Gasteiger partial charge in [0.05, 0.1) is 6.10 Å². The minimum absolute atomic E-state index is 0.303. The summed E-state index contributed by atoms with van der Waals surface area (Å²) in [5.41, 5.74) is 0.576. The molecule has 0 heterocycles. The van der Waals surface area contributed by atoms with Crippen LogP contribution in [0.3, 0.4) is 0 Å². The van der Waals surface area contributed by atoms with E-state index in [1.807, 2.05) is 66.7 Å². The first-order valence-corrected chi connectivity index (χ1v) is 9.34. The van der Waals surface area contributed by atoms with Crippen LogP contribution in [0.5, 0.6) is 0 Å². The lowest BCUT2D eigenvalue weighted by molar-refractivity contribution is -0.171. The standard InChI is InChI=1S/C15H16O2.C9H12O2/c1-12(16)15(17,13-8-4-2-5-9-13)14-10-6-3-7-11-14;1-2-9(10,11)8-6-4-3-5-7-8/h2-12,16-17H,1H3;3-7,10-11H,2H2,1H3. The molecule has 3 aromatic carbocycles. The van der Waals surface area contributed by atoms with E-state index in [2.05, 4.69) is 0 Å². The van der Waals surface area contributed by atoms with E-state index < -0.39 is 17.5 Å². The molecular formula is C24H28O4. The quantitative estimate of drug-likeness (QED) is 0.511. The fourth-order valence-electron chi connectivity index (χ4n) is 2.94. The highest BCUT2D eigenvalue weighted by atomic mass is 16.5. The average molecular weight is 380 g/mol. The van der Waals surface area contributed by atoms with Crippen LogP contribution in [-0.2, 0) is 11.4 Å². The van der Waals surface area contributed by atoms with Gasteiger partial charge in [0.25, 0.3) is 0 Å². The third-order valence-electron chi connectivity index (χ3n) is 4.76. The molecule has 0 aliphatic carbocycles. The lowest BCUT2D eigenvalue weighted by Gasteiger charge is -2.32. The molecule has 0 amide bonds. The second kappa shape index (κ2) is 9.62. The van der Waals surface area contributed by atoms with Crippen molar-refractivity contribution in [2.75, 3.05) is 0 Å². The predicted molar refractivity (Wildman–Crippen MR) is 110 cm³/mol. The zero-order valence-electron chi connectivity index (χ0n) is 16.2. The van der Waals surface area contributed by atoms with Crippen molar-refractivity contribution in [3.63, 3.8) is 0 Å². The topological polar surface area (TPSA) is 80.9 Å². The molecule has 28 heavy (non-hydrogen) atoms. The van der Waals surface area contributed by atoms with E-state index in [-0.39, 0.29) is 0 Å². The van der Waals surface area contributed by atoms with E-state index in [9.17, 15) is 20.4 Å². The van der Waals surface area contributed by atoms with E-state index in [4.69, 9.17) is 0 Å². The Labute approximate surface area is 166 Å². The highest BCUT2D eigenvalue weighted by molar-refractivity contribution is 5.37. The third kappa shape index (κ3) is 5.06. The lowest BCUT2D eigenvalue weighted by atomic mass is 9.82. The number of rotatable bonds is 5. The van der Waals surface area contributed by atoms with Crippen molar-refractivity contribution in [1.82, 2.24) is 0 Å². The Morgan fingerprint density at radius 1 is 0.643 bits per heavy atom. The Hall–Kier alpha value is -2.50. The fraction of sp³-hybridized carbons (Fsp3) is 0.250. The van der Waals surface area contributed by atoms with Crippen molar-refractivity contribution in [3.8, 4) is 0 Å². The molecule has 0 radical (unpaired) electrons. The first-order valence-electron chi connectivity index (χ1n) is 9.34. The van der Waals surface area contributed by atoms with Gasteiger partial charge in [0, 0.05) is 12.0 Å². The van der Waals surface area contributed by atoms with Crippen molar-refractivity contribution < 1.29 is 20.4 Å². The molecule has 0 aliphatic rings. The highest BCUT2D eigenvalue weighted by Crippen LogP contribution is 2.32. The zero-order valence-corrected chi connectivity index (χ0v) is 16.2. The molecule has 3 aromatic rings. The predicted octanol–water partition coefficient (Wildman–Crippen LogP) is 3.54. The van der Waals surface area contributed by atoms with Crippen molar-refractivity contribution in [2.24, 2.45) is 0 Å². The van der Waals surface area contributed by atoms with Gasteiger partial charge >= 0.3 is 0 Å². The molecule has 4 N–H and O–H groups in total. The Morgan fingerprint density at radius 2 is 0.964 bits per heavy atom. The molecule has 0 saturated carbocycles. The van der Waals surface area contributed by atoms with Gasteiger partial charge in [0.2, 0.25) is 0 Å². The summed E-state index contributed by atoms with van der Waals surface area (Å²) >= 11 is 0. The Morgan fingerprint density at radius 3 is 1.25 bits per heavy atom. The highest BCUT2D eigenvalue weighted by Gasteiger charge is 2.36. The van der Waals surface area contributed by atoms with Gasteiger partial charge in [-0.3, -0.25) is 0 Å². The fourth-order valence-corrected chi connectivity index (χ4v) is 2.94. The van der Waals surface area contributed by atoms with Crippen LogP contribution < -0.4 is 0 Å². The molecule has 0 aromatic heterocycles. The van der Waals surface area contributed by atoms with Gasteiger partial charge in [-0.05, 0) is 18.1 Å². The molecule has 148 valence electrons. The largest absolute Gasteiger partial charge is 0.390 e. The number of aliphatic hydroxyl groups is 4. The number of hydrogen-bond donors (Lipinski definition) is 4. The van der Waals surface area contributed by atoms with Gasteiger partial charge in [0.15, 0.2) is 5.79 Å². The number of benzene rings is 3. The number of hydrogen-bond acceptors (Lipinski definition) is 4. The second-order valence-electron chi connectivity index (χ2n) is 6.71. The van der Waals surface area contributed by atoms with Crippen LogP contribution in [0.25, 0.3) is 0 Å². The molecule has 0 saturated heterocycles. The minimum atomic E-state index is -1.67. The van der Waals surface area contributed by atoms with Gasteiger partial charge in [0.1, 0.15) is 5.60 Å².